The van der Waals surface area contributed by atoms with E-state index in [0.29, 0.717) is 12.8 Å². The van der Waals surface area contributed by atoms with Crippen molar-refractivity contribution in [1.29, 1.82) is 0 Å². The molecule has 1 unspecified atom stereocenters. The minimum Gasteiger partial charge on any atom is -0.480 e. The number of nitrogens with two attached hydrogens (primary N) is 1. The summed E-state index contributed by atoms with van der Waals surface area (Å²) < 4.78 is 32.6. The fourth-order valence-electron chi connectivity index (χ4n) is 5.34. The number of unbranched alkanes of at least 4 members (excludes halogenated alkanes) is 15. The Morgan fingerprint density at radius 2 is 0.946 bits per heavy atom. The van der Waals surface area contributed by atoms with Crippen molar-refractivity contribution < 1.29 is 47.5 Å². The first-order chi connectivity index (χ1) is 27.1. The quantitative estimate of drug-likeness (QED) is 0.0233. The second-order valence-electron chi connectivity index (χ2n) is 14.1. The van der Waals surface area contributed by atoms with Crippen LogP contribution in [0, 0.1) is 0 Å². The van der Waals surface area contributed by atoms with Gasteiger partial charge in [0.25, 0.3) is 0 Å². The van der Waals surface area contributed by atoms with Gasteiger partial charge in [0.2, 0.25) is 0 Å². The van der Waals surface area contributed by atoms with Crippen LogP contribution < -0.4 is 5.73 Å². The van der Waals surface area contributed by atoms with Gasteiger partial charge in [-0.15, -0.1) is 0 Å². The zero-order valence-corrected chi connectivity index (χ0v) is 35.6. The highest BCUT2D eigenvalue weighted by atomic mass is 31.2. The number of carbonyl (C=O) groups excluding carboxylic acids is 2. The van der Waals surface area contributed by atoms with E-state index in [2.05, 4.69) is 79.1 Å². The van der Waals surface area contributed by atoms with E-state index in [1.165, 1.54) is 57.8 Å². The molecule has 11 nitrogen and oxygen atoms in total. The lowest BCUT2D eigenvalue weighted by atomic mass is 10.1. The highest BCUT2D eigenvalue weighted by Crippen LogP contribution is 2.43. The maximum Gasteiger partial charge on any atom is 0.472 e. The Kier molecular flexibility index (Phi) is 37.1. The number of carboxylic acids is 1. The number of allylic oxidation sites excluding steroid dienone is 10. The Morgan fingerprint density at radius 1 is 0.554 bits per heavy atom. The van der Waals surface area contributed by atoms with Crippen molar-refractivity contribution in [2.75, 3.05) is 19.8 Å². The summed E-state index contributed by atoms with van der Waals surface area (Å²) in [6.45, 7) is 2.69. The molecule has 0 radical (unpaired) electrons. The summed E-state index contributed by atoms with van der Waals surface area (Å²) in [7, 11) is -4.73. The molecule has 0 saturated heterocycles. The van der Waals surface area contributed by atoms with Crippen molar-refractivity contribution in [1.82, 2.24) is 0 Å². The van der Waals surface area contributed by atoms with Crippen LogP contribution in [0.1, 0.15) is 168 Å². The molecule has 0 saturated carbocycles. The van der Waals surface area contributed by atoms with E-state index in [4.69, 9.17) is 24.8 Å². The first-order valence-electron chi connectivity index (χ1n) is 21.3. The number of hydrogen-bond acceptors (Lipinski definition) is 9. The molecule has 322 valence electrons. The van der Waals surface area contributed by atoms with E-state index >= 15 is 0 Å². The standard InChI is InChI=1S/C44H76NO10P/c1-3-5-7-9-11-13-15-17-19-20-22-23-25-27-29-31-33-35-42(46)52-37-40(38-53-56(50,51)54-39-41(45)44(48)49)55-43(47)36-34-32-30-28-26-24-21-18-16-14-12-10-8-6-4-2/h11-14,17-19,21,26,28,40-41H,3-10,15-16,20,22-25,27,29-39,45H2,1-2H3,(H,48,49)(H,50,51)/b13-11-,14-12-,19-17-,21-18-,28-26-/t40-,41+/m1/s1. The molecule has 4 N–H and O–H groups in total. The van der Waals surface area contributed by atoms with Crippen molar-refractivity contribution in [2.45, 2.75) is 180 Å². The van der Waals surface area contributed by atoms with E-state index in [1.807, 2.05) is 0 Å². The average molecular weight is 810 g/mol. The summed E-state index contributed by atoms with van der Waals surface area (Å²) in [5, 5.41) is 8.88. The van der Waals surface area contributed by atoms with Crippen molar-refractivity contribution in [3.05, 3.63) is 60.8 Å². The molecule has 0 bridgehead atoms. The summed E-state index contributed by atoms with van der Waals surface area (Å²) in [5.41, 5.74) is 5.32. The maximum absolute atomic E-state index is 12.6. The first-order valence-corrected chi connectivity index (χ1v) is 22.8. The van der Waals surface area contributed by atoms with Gasteiger partial charge < -0.3 is 25.2 Å². The van der Waals surface area contributed by atoms with E-state index < -0.39 is 51.1 Å². The van der Waals surface area contributed by atoms with Crippen LogP contribution in [-0.4, -0.2) is 59.9 Å². The highest BCUT2D eigenvalue weighted by Gasteiger charge is 2.28. The lowest BCUT2D eigenvalue weighted by molar-refractivity contribution is -0.161. The fraction of sp³-hybridized carbons (Fsp3) is 0.705. The monoisotopic (exact) mass is 810 g/mol. The number of esters is 2. The Labute approximate surface area is 338 Å². The average Bonchev–Trinajstić information content (AvgIpc) is 3.17. The van der Waals surface area contributed by atoms with E-state index in [9.17, 15) is 23.8 Å². The van der Waals surface area contributed by atoms with Crippen LogP contribution >= 0.6 is 7.82 Å². The molecule has 0 rings (SSSR count). The number of rotatable bonds is 39. The summed E-state index contributed by atoms with van der Waals surface area (Å²) in [4.78, 5) is 45.9. The first kappa shape index (κ1) is 53.2. The molecular weight excluding hydrogens is 733 g/mol. The van der Waals surface area contributed by atoms with Crippen LogP contribution in [0.25, 0.3) is 0 Å². The Hall–Kier alpha value is -2.82. The largest absolute Gasteiger partial charge is 0.480 e. The number of ether oxygens (including phenoxy) is 2. The van der Waals surface area contributed by atoms with Gasteiger partial charge in [0, 0.05) is 12.8 Å². The highest BCUT2D eigenvalue weighted by molar-refractivity contribution is 7.47. The second-order valence-corrected chi connectivity index (χ2v) is 15.6. The normalized spacial score (nSPS) is 14.4. The van der Waals surface area contributed by atoms with Crippen LogP contribution in [-0.2, 0) is 37.5 Å². The summed E-state index contributed by atoms with van der Waals surface area (Å²) in [5.74, 6) is -2.44. The lowest BCUT2D eigenvalue weighted by Gasteiger charge is -2.20. The zero-order valence-electron chi connectivity index (χ0n) is 34.7. The molecule has 0 aliphatic heterocycles. The molecule has 0 amide bonds. The zero-order chi connectivity index (χ0) is 41.4. The van der Waals surface area contributed by atoms with Crippen LogP contribution in [0.5, 0.6) is 0 Å². The van der Waals surface area contributed by atoms with E-state index in [1.54, 1.807) is 0 Å². The molecule has 0 aromatic heterocycles. The molecule has 56 heavy (non-hydrogen) atoms. The van der Waals surface area contributed by atoms with E-state index in [0.717, 1.165) is 70.6 Å². The topological polar surface area (TPSA) is 172 Å². The van der Waals surface area contributed by atoms with Gasteiger partial charge >= 0.3 is 25.7 Å². The third-order valence-electron chi connectivity index (χ3n) is 8.74. The molecule has 0 spiro atoms. The predicted molar refractivity (Wildman–Crippen MR) is 226 cm³/mol. The summed E-state index contributed by atoms with van der Waals surface area (Å²) in [6.07, 6.45) is 44.3. The molecule has 3 atom stereocenters. The third kappa shape index (κ3) is 38.1. The smallest absolute Gasteiger partial charge is 0.472 e. The molecule has 12 heteroatoms. The van der Waals surface area contributed by atoms with Crippen molar-refractivity contribution in [2.24, 2.45) is 5.73 Å². The van der Waals surface area contributed by atoms with Gasteiger partial charge in [-0.2, -0.15) is 0 Å². The third-order valence-corrected chi connectivity index (χ3v) is 9.69. The number of phosphoric ester groups is 1. The number of carboxylic acid groups (broad SMARTS) is 1. The van der Waals surface area contributed by atoms with Crippen molar-refractivity contribution in [3.8, 4) is 0 Å². The Bertz CT molecular complexity index is 1180. The molecule has 0 fully saturated rings. The van der Waals surface area contributed by atoms with Gasteiger partial charge in [-0.3, -0.25) is 23.4 Å². The van der Waals surface area contributed by atoms with Gasteiger partial charge in [-0.25, -0.2) is 4.57 Å². The number of carbonyl (C=O) groups is 3. The Balaban J connectivity index is 4.46. The van der Waals surface area contributed by atoms with Crippen molar-refractivity contribution >= 4 is 25.7 Å². The molecule has 0 aromatic rings. The summed E-state index contributed by atoms with van der Waals surface area (Å²) in [6, 6.07) is -1.53. The Morgan fingerprint density at radius 3 is 1.45 bits per heavy atom. The predicted octanol–water partition coefficient (Wildman–Crippen LogP) is 11.2. The lowest BCUT2D eigenvalue weighted by Crippen LogP contribution is -2.34. The van der Waals surface area contributed by atoms with Gasteiger partial charge in [-0.05, 0) is 83.5 Å². The molecular formula is C44H76NO10P. The van der Waals surface area contributed by atoms with Crippen LogP contribution in [0.4, 0.5) is 0 Å². The minimum absolute atomic E-state index is 0.108. The SMILES string of the molecule is CCCCC/C=C\C/C=C\C/C=C\CCCCC(=O)O[C@H](COC(=O)CCCCCCCCC/C=C\C/C=C\CCCCC)COP(=O)(O)OC[C@H](N)C(=O)O. The molecule has 0 aromatic carbocycles. The van der Waals surface area contributed by atoms with Crippen molar-refractivity contribution in [3.63, 3.8) is 0 Å². The van der Waals surface area contributed by atoms with Crippen LogP contribution in [0.15, 0.2) is 60.8 Å². The van der Waals surface area contributed by atoms with Gasteiger partial charge in [0.1, 0.15) is 12.6 Å². The van der Waals surface area contributed by atoms with Gasteiger partial charge in [-0.1, -0.05) is 132 Å². The number of phosphoric acid groups is 1. The van der Waals surface area contributed by atoms with Gasteiger partial charge in [0.05, 0.1) is 13.2 Å². The summed E-state index contributed by atoms with van der Waals surface area (Å²) >= 11 is 0. The number of hydrogen-bond donors (Lipinski definition) is 3. The maximum atomic E-state index is 12.6. The van der Waals surface area contributed by atoms with Crippen LogP contribution in [0.3, 0.4) is 0 Å². The number of aliphatic carboxylic acids is 1. The fourth-order valence-corrected chi connectivity index (χ4v) is 6.11. The van der Waals surface area contributed by atoms with Crippen LogP contribution in [0.2, 0.25) is 0 Å². The van der Waals surface area contributed by atoms with Gasteiger partial charge in [0.15, 0.2) is 6.10 Å². The van der Waals surface area contributed by atoms with E-state index in [-0.39, 0.29) is 19.4 Å². The second kappa shape index (κ2) is 39.0. The molecule has 0 aliphatic rings. The molecule has 0 heterocycles. The minimum atomic E-state index is -4.73. The molecule has 0 aliphatic carbocycles.